The number of hydrogen-bond acceptors (Lipinski definition) is 3. The van der Waals surface area contributed by atoms with E-state index in [1.54, 1.807) is 6.20 Å². The number of rotatable bonds is 5. The van der Waals surface area contributed by atoms with E-state index in [2.05, 4.69) is 5.10 Å². The van der Waals surface area contributed by atoms with Crippen molar-refractivity contribution in [3.05, 3.63) is 18.0 Å². The molecule has 3 N–H and O–H groups in total. The Kier molecular flexibility index (Phi) is 3.88. The highest BCUT2D eigenvalue weighted by Gasteiger charge is 2.31. The van der Waals surface area contributed by atoms with Gasteiger partial charge < -0.3 is 10.8 Å². The average molecular weight is 211 g/mol. The molecule has 0 radical (unpaired) electrons. The molecule has 0 aliphatic carbocycles. The lowest BCUT2D eigenvalue weighted by atomic mass is 9.79. The van der Waals surface area contributed by atoms with Crippen LogP contribution in [-0.2, 0) is 6.54 Å². The molecular weight excluding hydrogens is 190 g/mol. The van der Waals surface area contributed by atoms with Gasteiger partial charge in [-0.25, -0.2) is 0 Å². The Balaban J connectivity index is 2.87. The molecule has 15 heavy (non-hydrogen) atoms. The highest BCUT2D eigenvalue weighted by atomic mass is 16.3. The number of aromatic nitrogens is 2. The van der Waals surface area contributed by atoms with Gasteiger partial charge in [0.25, 0.3) is 0 Å². The van der Waals surface area contributed by atoms with E-state index in [1.807, 2.05) is 31.6 Å². The molecule has 2 unspecified atom stereocenters. The molecule has 0 spiro atoms. The molecule has 1 aromatic heterocycles. The number of nitrogens with zero attached hydrogens (tertiary/aromatic N) is 2. The first kappa shape index (κ1) is 12.2. The van der Waals surface area contributed by atoms with Crippen molar-refractivity contribution in [3.8, 4) is 0 Å². The van der Waals surface area contributed by atoms with Crippen LogP contribution in [0, 0.1) is 5.41 Å². The number of aryl methyl sites for hydroxylation is 1. The smallest absolute Gasteiger partial charge is 0.0885 e. The Morgan fingerprint density at radius 3 is 2.67 bits per heavy atom. The van der Waals surface area contributed by atoms with Gasteiger partial charge in [0.2, 0.25) is 0 Å². The minimum absolute atomic E-state index is 0.262. The minimum atomic E-state index is -0.534. The molecule has 0 fully saturated rings. The topological polar surface area (TPSA) is 64.1 Å². The summed E-state index contributed by atoms with van der Waals surface area (Å²) in [5.41, 5.74) is 6.30. The molecule has 2 atom stereocenters. The van der Waals surface area contributed by atoms with E-state index < -0.39 is 6.10 Å². The van der Waals surface area contributed by atoms with Crippen molar-refractivity contribution in [2.24, 2.45) is 11.1 Å². The molecule has 4 heteroatoms. The largest absolute Gasteiger partial charge is 0.388 e. The molecule has 86 valence electrons. The standard InChI is InChI=1S/C11H21N3O/c1-4-11(3,8-12)10(15)9-6-13-14(5-2)7-9/h6-7,10,15H,4-5,8,12H2,1-3H3. The van der Waals surface area contributed by atoms with Gasteiger partial charge in [0, 0.05) is 30.3 Å². The second kappa shape index (κ2) is 4.77. The van der Waals surface area contributed by atoms with Crippen LogP contribution in [0.3, 0.4) is 0 Å². The molecule has 1 heterocycles. The third-order valence-electron chi connectivity index (χ3n) is 3.23. The van der Waals surface area contributed by atoms with Crippen molar-refractivity contribution >= 4 is 0 Å². The Morgan fingerprint density at radius 1 is 1.60 bits per heavy atom. The number of hydrogen-bond donors (Lipinski definition) is 2. The molecular formula is C11H21N3O. The molecule has 4 nitrogen and oxygen atoms in total. The van der Waals surface area contributed by atoms with Crippen molar-refractivity contribution in [2.45, 2.75) is 39.8 Å². The Morgan fingerprint density at radius 2 is 2.27 bits per heavy atom. The molecule has 0 saturated carbocycles. The Labute approximate surface area is 91.1 Å². The van der Waals surface area contributed by atoms with Crippen LogP contribution in [0.2, 0.25) is 0 Å². The highest BCUT2D eigenvalue weighted by Crippen LogP contribution is 2.35. The van der Waals surface area contributed by atoms with Gasteiger partial charge in [0.1, 0.15) is 0 Å². The molecule has 0 aliphatic rings. The van der Waals surface area contributed by atoms with Gasteiger partial charge in [-0.05, 0) is 13.3 Å². The Bertz CT molecular complexity index is 305. The Hall–Kier alpha value is -0.870. The maximum Gasteiger partial charge on any atom is 0.0885 e. The predicted octanol–water partition coefficient (Wildman–Crippen LogP) is 1.31. The molecule has 1 rings (SSSR count). The van der Waals surface area contributed by atoms with Crippen LogP contribution in [0.15, 0.2) is 12.4 Å². The highest BCUT2D eigenvalue weighted by molar-refractivity contribution is 5.11. The summed E-state index contributed by atoms with van der Waals surface area (Å²) in [5, 5.41) is 14.4. The zero-order valence-electron chi connectivity index (χ0n) is 9.77. The first-order valence-corrected chi connectivity index (χ1v) is 5.48. The van der Waals surface area contributed by atoms with Gasteiger partial charge in [0.15, 0.2) is 0 Å². The summed E-state index contributed by atoms with van der Waals surface area (Å²) in [6.07, 6.45) is 3.92. The summed E-state index contributed by atoms with van der Waals surface area (Å²) in [6, 6.07) is 0. The SMILES string of the molecule is CCn1cc(C(O)C(C)(CC)CN)cn1. The van der Waals surface area contributed by atoms with Crippen LogP contribution in [0.1, 0.15) is 38.9 Å². The van der Waals surface area contributed by atoms with E-state index in [9.17, 15) is 5.11 Å². The lowest BCUT2D eigenvalue weighted by molar-refractivity contribution is 0.0391. The number of aliphatic hydroxyl groups is 1. The fourth-order valence-corrected chi connectivity index (χ4v) is 1.55. The minimum Gasteiger partial charge on any atom is -0.388 e. The zero-order valence-corrected chi connectivity index (χ0v) is 9.77. The summed E-state index contributed by atoms with van der Waals surface area (Å²) in [6.45, 7) is 7.35. The summed E-state index contributed by atoms with van der Waals surface area (Å²) < 4.78 is 1.81. The van der Waals surface area contributed by atoms with E-state index in [0.29, 0.717) is 6.54 Å². The first-order valence-electron chi connectivity index (χ1n) is 5.48. The van der Waals surface area contributed by atoms with Crippen molar-refractivity contribution in [1.29, 1.82) is 0 Å². The first-order chi connectivity index (χ1) is 7.07. The predicted molar refractivity (Wildman–Crippen MR) is 60.3 cm³/mol. The fraction of sp³-hybridized carbons (Fsp3) is 0.727. The lowest BCUT2D eigenvalue weighted by Gasteiger charge is -2.31. The summed E-state index contributed by atoms with van der Waals surface area (Å²) in [4.78, 5) is 0. The third kappa shape index (κ3) is 2.38. The lowest BCUT2D eigenvalue weighted by Crippen LogP contribution is -2.33. The average Bonchev–Trinajstić information content (AvgIpc) is 2.75. The van der Waals surface area contributed by atoms with E-state index in [-0.39, 0.29) is 5.41 Å². The summed E-state index contributed by atoms with van der Waals surface area (Å²) in [7, 11) is 0. The van der Waals surface area contributed by atoms with Gasteiger partial charge >= 0.3 is 0 Å². The summed E-state index contributed by atoms with van der Waals surface area (Å²) >= 11 is 0. The van der Waals surface area contributed by atoms with Crippen LogP contribution in [0.5, 0.6) is 0 Å². The number of nitrogens with two attached hydrogens (primary N) is 1. The third-order valence-corrected chi connectivity index (χ3v) is 3.23. The molecule has 0 bridgehead atoms. The quantitative estimate of drug-likeness (QED) is 0.772. The van der Waals surface area contributed by atoms with Gasteiger partial charge in [-0.2, -0.15) is 5.10 Å². The maximum atomic E-state index is 10.2. The van der Waals surface area contributed by atoms with E-state index in [4.69, 9.17) is 5.73 Å². The zero-order chi connectivity index (χ0) is 11.5. The molecule has 0 amide bonds. The monoisotopic (exact) mass is 211 g/mol. The van der Waals surface area contributed by atoms with Crippen LogP contribution in [0.25, 0.3) is 0 Å². The van der Waals surface area contributed by atoms with Crippen molar-refractivity contribution in [2.75, 3.05) is 6.54 Å². The molecule has 0 aromatic carbocycles. The van der Waals surface area contributed by atoms with Crippen LogP contribution < -0.4 is 5.73 Å². The molecule has 0 aliphatic heterocycles. The second-order valence-electron chi connectivity index (χ2n) is 4.24. The van der Waals surface area contributed by atoms with Crippen LogP contribution in [-0.4, -0.2) is 21.4 Å². The summed E-state index contributed by atoms with van der Waals surface area (Å²) in [5.74, 6) is 0. The van der Waals surface area contributed by atoms with E-state index >= 15 is 0 Å². The van der Waals surface area contributed by atoms with Crippen LogP contribution in [0.4, 0.5) is 0 Å². The van der Waals surface area contributed by atoms with Gasteiger partial charge in [0.05, 0.1) is 12.3 Å². The van der Waals surface area contributed by atoms with Gasteiger partial charge in [-0.1, -0.05) is 13.8 Å². The van der Waals surface area contributed by atoms with E-state index in [0.717, 1.165) is 18.5 Å². The molecule has 1 aromatic rings. The van der Waals surface area contributed by atoms with Crippen molar-refractivity contribution < 1.29 is 5.11 Å². The maximum absolute atomic E-state index is 10.2. The molecule has 0 saturated heterocycles. The normalized spacial score (nSPS) is 17.4. The van der Waals surface area contributed by atoms with Gasteiger partial charge in [-0.3, -0.25) is 4.68 Å². The van der Waals surface area contributed by atoms with Crippen molar-refractivity contribution in [1.82, 2.24) is 9.78 Å². The fourth-order valence-electron chi connectivity index (χ4n) is 1.55. The van der Waals surface area contributed by atoms with E-state index in [1.165, 1.54) is 0 Å². The van der Waals surface area contributed by atoms with Crippen LogP contribution >= 0.6 is 0 Å². The number of aliphatic hydroxyl groups excluding tert-OH is 1. The second-order valence-corrected chi connectivity index (χ2v) is 4.24. The van der Waals surface area contributed by atoms with Gasteiger partial charge in [-0.15, -0.1) is 0 Å². The van der Waals surface area contributed by atoms with Crippen molar-refractivity contribution in [3.63, 3.8) is 0 Å².